The zero-order valence-corrected chi connectivity index (χ0v) is 11.9. The lowest BCUT2D eigenvalue weighted by Crippen LogP contribution is -2.51. The van der Waals surface area contributed by atoms with Gasteiger partial charge < -0.3 is 10.2 Å². The topological polar surface area (TPSA) is 15.3 Å². The molecule has 2 nitrogen and oxygen atoms in total. The standard InChI is InChI=1S/C16H30N2/c1-2-6-15(7-3-1)12-18-11-5-9-16(14-18)8-4-10-17-13-16/h15,17H,1-14H2. The summed E-state index contributed by atoms with van der Waals surface area (Å²) in [5.41, 5.74) is 0.644. The first-order valence-electron chi connectivity index (χ1n) is 8.29. The molecular formula is C16H30N2. The number of nitrogens with one attached hydrogen (secondary N) is 1. The maximum absolute atomic E-state index is 3.64. The van der Waals surface area contributed by atoms with Gasteiger partial charge >= 0.3 is 0 Å². The molecule has 1 saturated carbocycles. The molecule has 3 aliphatic rings. The molecule has 0 aromatic rings. The van der Waals surface area contributed by atoms with Crippen molar-refractivity contribution in [1.29, 1.82) is 0 Å². The largest absolute Gasteiger partial charge is 0.316 e. The Morgan fingerprint density at radius 2 is 1.83 bits per heavy atom. The Kier molecular flexibility index (Phi) is 4.25. The van der Waals surface area contributed by atoms with Crippen molar-refractivity contribution >= 4 is 0 Å². The Balaban J connectivity index is 1.52. The van der Waals surface area contributed by atoms with Crippen LogP contribution in [-0.4, -0.2) is 37.6 Å². The first-order valence-corrected chi connectivity index (χ1v) is 8.29. The highest BCUT2D eigenvalue weighted by Crippen LogP contribution is 2.36. The highest BCUT2D eigenvalue weighted by molar-refractivity contribution is 4.92. The van der Waals surface area contributed by atoms with E-state index in [-0.39, 0.29) is 0 Å². The van der Waals surface area contributed by atoms with E-state index in [1.165, 1.54) is 90.5 Å². The van der Waals surface area contributed by atoms with Crippen LogP contribution in [0.1, 0.15) is 57.8 Å². The van der Waals surface area contributed by atoms with E-state index in [2.05, 4.69) is 10.2 Å². The lowest BCUT2D eigenvalue weighted by Gasteiger charge is -2.46. The maximum atomic E-state index is 3.64. The minimum atomic E-state index is 0.644. The van der Waals surface area contributed by atoms with Gasteiger partial charge in [0.25, 0.3) is 0 Å². The van der Waals surface area contributed by atoms with Crippen molar-refractivity contribution in [3.63, 3.8) is 0 Å². The number of hydrogen-bond acceptors (Lipinski definition) is 2. The minimum Gasteiger partial charge on any atom is -0.316 e. The Labute approximate surface area is 113 Å². The van der Waals surface area contributed by atoms with Gasteiger partial charge in [-0.1, -0.05) is 19.3 Å². The van der Waals surface area contributed by atoms with Crippen LogP contribution < -0.4 is 5.32 Å². The van der Waals surface area contributed by atoms with Gasteiger partial charge in [-0.3, -0.25) is 0 Å². The van der Waals surface area contributed by atoms with Crippen LogP contribution in [0.15, 0.2) is 0 Å². The van der Waals surface area contributed by atoms with Crippen molar-refractivity contribution in [2.24, 2.45) is 11.3 Å². The van der Waals surface area contributed by atoms with E-state index >= 15 is 0 Å². The third-order valence-electron chi connectivity index (χ3n) is 5.54. The summed E-state index contributed by atoms with van der Waals surface area (Å²) in [6.45, 7) is 6.70. The molecule has 3 rings (SSSR count). The van der Waals surface area contributed by atoms with Gasteiger partial charge in [-0.25, -0.2) is 0 Å². The zero-order chi connectivity index (χ0) is 12.3. The number of nitrogens with zero attached hydrogens (tertiary/aromatic N) is 1. The van der Waals surface area contributed by atoms with E-state index in [1.807, 2.05) is 0 Å². The average molecular weight is 250 g/mol. The third-order valence-corrected chi connectivity index (χ3v) is 5.54. The lowest BCUT2D eigenvalue weighted by atomic mass is 9.74. The smallest absolute Gasteiger partial charge is 0.00503 e. The molecule has 1 spiro atoms. The van der Waals surface area contributed by atoms with Crippen molar-refractivity contribution < 1.29 is 0 Å². The molecule has 2 heteroatoms. The van der Waals surface area contributed by atoms with Crippen molar-refractivity contribution in [2.45, 2.75) is 57.8 Å². The van der Waals surface area contributed by atoms with Gasteiger partial charge in [0.1, 0.15) is 0 Å². The Hall–Kier alpha value is -0.0800. The van der Waals surface area contributed by atoms with Gasteiger partial charge in [-0.2, -0.15) is 0 Å². The molecule has 0 radical (unpaired) electrons. The summed E-state index contributed by atoms with van der Waals surface area (Å²) in [4.78, 5) is 2.81. The van der Waals surface area contributed by atoms with E-state index in [1.54, 1.807) is 0 Å². The summed E-state index contributed by atoms with van der Waals surface area (Å²) >= 11 is 0. The molecule has 1 unspecified atom stereocenters. The second-order valence-electron chi connectivity index (χ2n) is 7.12. The lowest BCUT2D eigenvalue weighted by molar-refractivity contribution is 0.0507. The van der Waals surface area contributed by atoms with Gasteiger partial charge in [0.2, 0.25) is 0 Å². The van der Waals surface area contributed by atoms with Gasteiger partial charge in [0, 0.05) is 19.6 Å². The van der Waals surface area contributed by atoms with Crippen molar-refractivity contribution in [3.05, 3.63) is 0 Å². The van der Waals surface area contributed by atoms with E-state index in [0.717, 1.165) is 5.92 Å². The fourth-order valence-electron chi connectivity index (χ4n) is 4.58. The number of piperidine rings is 2. The fraction of sp³-hybridized carbons (Fsp3) is 1.00. The molecular weight excluding hydrogens is 220 g/mol. The molecule has 2 aliphatic heterocycles. The monoisotopic (exact) mass is 250 g/mol. The van der Waals surface area contributed by atoms with Crippen LogP contribution in [-0.2, 0) is 0 Å². The van der Waals surface area contributed by atoms with Crippen LogP contribution in [0.4, 0.5) is 0 Å². The third kappa shape index (κ3) is 3.08. The number of rotatable bonds is 2. The fourth-order valence-corrected chi connectivity index (χ4v) is 4.58. The first kappa shape index (κ1) is 12.9. The summed E-state index contributed by atoms with van der Waals surface area (Å²) in [5, 5.41) is 3.64. The molecule has 2 heterocycles. The van der Waals surface area contributed by atoms with E-state index in [4.69, 9.17) is 0 Å². The van der Waals surface area contributed by atoms with Crippen molar-refractivity contribution in [3.8, 4) is 0 Å². The molecule has 0 aromatic carbocycles. The molecule has 104 valence electrons. The predicted octanol–water partition coefficient (Wildman–Crippen LogP) is 3.03. The van der Waals surface area contributed by atoms with Gasteiger partial charge in [0.15, 0.2) is 0 Å². The Morgan fingerprint density at radius 3 is 2.61 bits per heavy atom. The summed E-state index contributed by atoms with van der Waals surface area (Å²) in [6, 6.07) is 0. The average Bonchev–Trinajstić information content (AvgIpc) is 2.41. The SMILES string of the molecule is C1CCC(CN2CCCC3(CCCNC3)C2)CC1. The number of hydrogen-bond donors (Lipinski definition) is 1. The molecule has 0 bridgehead atoms. The van der Waals surface area contributed by atoms with Gasteiger partial charge in [-0.15, -0.1) is 0 Å². The van der Waals surface area contributed by atoms with Crippen molar-refractivity contribution in [2.75, 3.05) is 32.7 Å². The Morgan fingerprint density at radius 1 is 1.00 bits per heavy atom. The van der Waals surface area contributed by atoms with Crippen molar-refractivity contribution in [1.82, 2.24) is 10.2 Å². The van der Waals surface area contributed by atoms with Crippen LogP contribution >= 0.6 is 0 Å². The molecule has 3 fully saturated rings. The number of likely N-dealkylation sites (tertiary alicyclic amines) is 1. The normalized spacial score (nSPS) is 36.0. The predicted molar refractivity (Wildman–Crippen MR) is 76.8 cm³/mol. The quantitative estimate of drug-likeness (QED) is 0.810. The summed E-state index contributed by atoms with van der Waals surface area (Å²) in [6.07, 6.45) is 13.3. The van der Waals surface area contributed by atoms with Crippen LogP contribution in [0, 0.1) is 11.3 Å². The maximum Gasteiger partial charge on any atom is 0.00503 e. The molecule has 1 atom stereocenters. The molecule has 1 N–H and O–H groups in total. The minimum absolute atomic E-state index is 0.644. The summed E-state index contributed by atoms with van der Waals surface area (Å²) in [5.74, 6) is 1.02. The van der Waals surface area contributed by atoms with Gasteiger partial charge in [0.05, 0.1) is 0 Å². The van der Waals surface area contributed by atoms with Crippen LogP contribution in [0.5, 0.6) is 0 Å². The van der Waals surface area contributed by atoms with Gasteiger partial charge in [-0.05, 0) is 62.9 Å². The van der Waals surface area contributed by atoms with E-state index in [0.29, 0.717) is 5.41 Å². The highest BCUT2D eigenvalue weighted by atomic mass is 15.1. The van der Waals surface area contributed by atoms with E-state index < -0.39 is 0 Å². The van der Waals surface area contributed by atoms with Crippen LogP contribution in [0.3, 0.4) is 0 Å². The first-order chi connectivity index (χ1) is 8.86. The van der Waals surface area contributed by atoms with Crippen LogP contribution in [0.2, 0.25) is 0 Å². The molecule has 18 heavy (non-hydrogen) atoms. The van der Waals surface area contributed by atoms with Crippen LogP contribution in [0.25, 0.3) is 0 Å². The summed E-state index contributed by atoms with van der Waals surface area (Å²) < 4.78 is 0. The zero-order valence-electron chi connectivity index (χ0n) is 11.9. The second kappa shape index (κ2) is 5.92. The highest BCUT2D eigenvalue weighted by Gasteiger charge is 2.36. The van der Waals surface area contributed by atoms with E-state index in [9.17, 15) is 0 Å². The summed E-state index contributed by atoms with van der Waals surface area (Å²) in [7, 11) is 0. The molecule has 2 saturated heterocycles. The molecule has 0 amide bonds. The Bertz CT molecular complexity index is 246. The molecule has 1 aliphatic carbocycles. The second-order valence-corrected chi connectivity index (χ2v) is 7.12. The molecule has 0 aromatic heterocycles.